The van der Waals surface area contributed by atoms with E-state index in [0.29, 0.717) is 29.4 Å². The molecule has 3 rings (SSSR count). The fourth-order valence-corrected chi connectivity index (χ4v) is 3.13. The van der Waals surface area contributed by atoms with Crippen LogP contribution in [0, 0.1) is 17.2 Å². The van der Waals surface area contributed by atoms with Crippen molar-refractivity contribution in [1.29, 1.82) is 5.26 Å². The van der Waals surface area contributed by atoms with E-state index in [1.54, 1.807) is 12.1 Å². The molecule has 0 radical (unpaired) electrons. The van der Waals surface area contributed by atoms with E-state index in [-0.39, 0.29) is 0 Å². The molecule has 2 N–H and O–H groups in total. The number of benzene rings is 2. The van der Waals surface area contributed by atoms with Gasteiger partial charge in [0.1, 0.15) is 5.92 Å². The molecule has 0 bridgehead atoms. The molecule has 144 valence electrons. The smallest absolute Gasteiger partial charge is 0.242 e. The largest absolute Gasteiger partial charge is 0.493 e. The average molecular weight is 379 g/mol. The third kappa shape index (κ3) is 3.71. The summed E-state index contributed by atoms with van der Waals surface area (Å²) in [6, 6.07) is 13.1. The van der Waals surface area contributed by atoms with Gasteiger partial charge < -0.3 is 24.5 Å². The normalized spacial score (nSPS) is 11.5. The Labute approximate surface area is 162 Å². The molecule has 0 unspecified atom stereocenters. The summed E-state index contributed by atoms with van der Waals surface area (Å²) in [5.74, 6) is 0.0216. The third-order valence-electron chi connectivity index (χ3n) is 4.51. The molecule has 2 aromatic carbocycles. The number of nitrogens with zero attached hydrogens (tertiary/aromatic N) is 1. The van der Waals surface area contributed by atoms with E-state index in [4.69, 9.17) is 14.2 Å². The van der Waals surface area contributed by atoms with Crippen molar-refractivity contribution in [1.82, 2.24) is 4.98 Å². The molecule has 28 heavy (non-hydrogen) atoms. The van der Waals surface area contributed by atoms with Crippen molar-refractivity contribution >= 4 is 22.5 Å². The molecule has 7 heteroatoms. The van der Waals surface area contributed by atoms with Crippen LogP contribution in [0.2, 0.25) is 0 Å². The first-order chi connectivity index (χ1) is 13.6. The van der Waals surface area contributed by atoms with Crippen molar-refractivity contribution in [3.63, 3.8) is 0 Å². The monoisotopic (exact) mass is 379 g/mol. The highest BCUT2D eigenvalue weighted by Gasteiger charge is 2.21. The summed E-state index contributed by atoms with van der Waals surface area (Å²) in [5, 5.41) is 13.3. The summed E-state index contributed by atoms with van der Waals surface area (Å²) in [6.45, 7) is 0. The number of aromatic nitrogens is 1. The van der Waals surface area contributed by atoms with Gasteiger partial charge in [-0.3, -0.25) is 4.79 Å². The number of fused-ring (bicyclic) bond motifs is 1. The summed E-state index contributed by atoms with van der Waals surface area (Å²) < 4.78 is 15.9. The summed E-state index contributed by atoms with van der Waals surface area (Å²) in [4.78, 5) is 15.9. The Balaban J connectivity index is 1.83. The Morgan fingerprint density at radius 1 is 1.14 bits per heavy atom. The van der Waals surface area contributed by atoms with Crippen LogP contribution in [0.3, 0.4) is 0 Å². The molecule has 1 amide bonds. The maximum Gasteiger partial charge on any atom is 0.242 e. The summed E-state index contributed by atoms with van der Waals surface area (Å²) in [7, 11) is 4.50. The number of ether oxygens (including phenoxy) is 3. The van der Waals surface area contributed by atoms with E-state index >= 15 is 0 Å². The number of carbonyl (C=O) groups excluding carboxylic acids is 1. The van der Waals surface area contributed by atoms with Crippen LogP contribution in [0.1, 0.15) is 5.56 Å². The van der Waals surface area contributed by atoms with E-state index in [1.165, 1.54) is 21.3 Å². The maximum atomic E-state index is 12.7. The lowest BCUT2D eigenvalue weighted by atomic mass is 9.97. The highest BCUT2D eigenvalue weighted by atomic mass is 16.5. The van der Waals surface area contributed by atoms with Crippen molar-refractivity contribution < 1.29 is 19.0 Å². The molecule has 0 fully saturated rings. The minimum Gasteiger partial charge on any atom is -0.493 e. The van der Waals surface area contributed by atoms with Gasteiger partial charge in [0.15, 0.2) is 11.5 Å². The molecule has 0 spiro atoms. The van der Waals surface area contributed by atoms with Gasteiger partial charge in [-0.1, -0.05) is 12.1 Å². The first-order valence-corrected chi connectivity index (χ1v) is 8.66. The van der Waals surface area contributed by atoms with E-state index in [9.17, 15) is 10.1 Å². The third-order valence-corrected chi connectivity index (χ3v) is 4.51. The first kappa shape index (κ1) is 19.1. The van der Waals surface area contributed by atoms with Gasteiger partial charge in [0.05, 0.1) is 27.4 Å². The van der Waals surface area contributed by atoms with Gasteiger partial charge in [0, 0.05) is 34.9 Å². The van der Waals surface area contributed by atoms with E-state index in [0.717, 1.165) is 16.5 Å². The van der Waals surface area contributed by atoms with E-state index in [1.807, 2.05) is 30.5 Å². The van der Waals surface area contributed by atoms with Gasteiger partial charge in [-0.15, -0.1) is 0 Å². The van der Waals surface area contributed by atoms with Crippen molar-refractivity contribution in [2.24, 2.45) is 5.92 Å². The second-order valence-corrected chi connectivity index (χ2v) is 6.15. The Morgan fingerprint density at radius 2 is 1.86 bits per heavy atom. The molecule has 1 atom stereocenters. The van der Waals surface area contributed by atoms with Gasteiger partial charge in [0.25, 0.3) is 0 Å². The van der Waals surface area contributed by atoms with Crippen LogP contribution in [0.25, 0.3) is 10.9 Å². The van der Waals surface area contributed by atoms with Crippen LogP contribution in [0.4, 0.5) is 5.69 Å². The lowest BCUT2D eigenvalue weighted by Crippen LogP contribution is -2.23. The number of H-pyrrole nitrogens is 1. The van der Waals surface area contributed by atoms with Crippen LogP contribution in [0.5, 0.6) is 17.2 Å². The van der Waals surface area contributed by atoms with Crippen molar-refractivity contribution in [2.45, 2.75) is 6.42 Å². The van der Waals surface area contributed by atoms with Crippen LogP contribution < -0.4 is 19.5 Å². The molecule has 7 nitrogen and oxygen atoms in total. The number of nitriles is 1. The quantitative estimate of drug-likeness (QED) is 0.655. The average Bonchev–Trinajstić information content (AvgIpc) is 3.20. The van der Waals surface area contributed by atoms with Crippen molar-refractivity contribution in [3.05, 3.63) is 48.2 Å². The molecule has 1 heterocycles. The SMILES string of the molecule is COc1cc(NC(=O)[C@@H](C#N)Cc2cccc3[nH]ccc23)cc(OC)c1OC. The van der Waals surface area contributed by atoms with Crippen LogP contribution in [-0.4, -0.2) is 32.2 Å². The molecule has 1 aromatic heterocycles. The maximum absolute atomic E-state index is 12.7. The van der Waals surface area contributed by atoms with Gasteiger partial charge in [-0.05, 0) is 24.1 Å². The highest BCUT2D eigenvalue weighted by Crippen LogP contribution is 2.40. The van der Waals surface area contributed by atoms with E-state index < -0.39 is 11.8 Å². The predicted octanol–water partition coefficient (Wildman–Crippen LogP) is 3.51. The molecule has 0 aliphatic rings. The molecule has 0 aliphatic carbocycles. The fraction of sp³-hybridized carbons (Fsp3) is 0.238. The summed E-state index contributed by atoms with van der Waals surface area (Å²) >= 11 is 0. The van der Waals surface area contributed by atoms with Gasteiger partial charge in [0.2, 0.25) is 11.7 Å². The molecule has 0 saturated carbocycles. The van der Waals surface area contributed by atoms with Crippen LogP contribution in [-0.2, 0) is 11.2 Å². The van der Waals surface area contributed by atoms with Gasteiger partial charge in [-0.25, -0.2) is 0 Å². The Kier molecular flexibility index (Phi) is 5.70. The molecular formula is C21H21N3O4. The minimum absolute atomic E-state index is 0.307. The Bertz CT molecular complexity index is 1010. The highest BCUT2D eigenvalue weighted by molar-refractivity contribution is 5.95. The fourth-order valence-electron chi connectivity index (χ4n) is 3.13. The van der Waals surface area contributed by atoms with Gasteiger partial charge >= 0.3 is 0 Å². The predicted molar refractivity (Wildman–Crippen MR) is 106 cm³/mol. The standard InChI is InChI=1S/C21H21N3O4/c1-26-18-10-15(11-19(27-2)20(18)28-3)24-21(25)14(12-22)9-13-5-4-6-17-16(13)7-8-23-17/h4-8,10-11,14,23H,9H2,1-3H3,(H,24,25)/t14-/m1/s1. The molecule has 0 saturated heterocycles. The Hall–Kier alpha value is -3.66. The minimum atomic E-state index is -0.848. The first-order valence-electron chi connectivity index (χ1n) is 8.66. The zero-order chi connectivity index (χ0) is 20.1. The van der Waals surface area contributed by atoms with Crippen LogP contribution >= 0.6 is 0 Å². The lowest BCUT2D eigenvalue weighted by molar-refractivity contribution is -0.118. The molecule has 0 aliphatic heterocycles. The Morgan fingerprint density at radius 3 is 2.46 bits per heavy atom. The topological polar surface area (TPSA) is 96.4 Å². The van der Waals surface area contributed by atoms with E-state index in [2.05, 4.69) is 16.4 Å². The number of nitrogens with one attached hydrogen (secondary N) is 2. The van der Waals surface area contributed by atoms with Crippen molar-refractivity contribution in [3.8, 4) is 23.3 Å². The summed E-state index contributed by atoms with van der Waals surface area (Å²) in [6.07, 6.45) is 2.15. The lowest BCUT2D eigenvalue weighted by Gasteiger charge is -2.16. The number of rotatable bonds is 7. The second kappa shape index (κ2) is 8.35. The number of anilines is 1. The number of methoxy groups -OCH3 is 3. The number of hydrogen-bond donors (Lipinski definition) is 2. The zero-order valence-electron chi connectivity index (χ0n) is 15.9. The zero-order valence-corrected chi connectivity index (χ0v) is 15.9. The number of hydrogen-bond acceptors (Lipinski definition) is 5. The second-order valence-electron chi connectivity index (χ2n) is 6.15. The molecular weight excluding hydrogens is 358 g/mol. The van der Waals surface area contributed by atoms with Gasteiger partial charge in [-0.2, -0.15) is 5.26 Å². The number of carbonyl (C=O) groups is 1. The van der Waals surface area contributed by atoms with Crippen LogP contribution in [0.15, 0.2) is 42.6 Å². The number of aromatic amines is 1. The number of amides is 1. The van der Waals surface area contributed by atoms with Crippen molar-refractivity contribution in [2.75, 3.05) is 26.6 Å². The molecule has 3 aromatic rings. The summed E-state index contributed by atoms with van der Waals surface area (Å²) in [5.41, 5.74) is 2.36.